The number of carbonyl (C=O) groups excluding carboxylic acids is 4. The summed E-state index contributed by atoms with van der Waals surface area (Å²) in [6.07, 6.45) is 1.90. The second-order valence-electron chi connectivity index (χ2n) is 10.1. The van der Waals surface area contributed by atoms with Crippen molar-refractivity contribution in [3.8, 4) is 0 Å². The number of benzene rings is 1. The fraction of sp³-hybridized carbons (Fsp3) is 0.583. The standard InChI is InChI=1S/C24H31N3O6S/c1-23(2,3)34(32)26-24(11-8-15-6-4-5-7-17(15)24)14-18(28)19-20(29)25-22(31)27(21(19)30)16-9-12-33-13-10-16/h4-7,16,19,26H,8-14H2,1-3H3,(H,25,29,31)/t19?,24-,34?/m0/s1. The summed E-state index contributed by atoms with van der Waals surface area (Å²) < 4.78 is 21.0. The van der Waals surface area contributed by atoms with Gasteiger partial charge in [0.15, 0.2) is 11.7 Å². The van der Waals surface area contributed by atoms with E-state index >= 15 is 0 Å². The number of hydrogen-bond acceptors (Lipinski definition) is 7. The number of nitrogens with zero attached hydrogens (tertiary/aromatic N) is 1. The number of urea groups is 1. The van der Waals surface area contributed by atoms with Crippen LogP contribution in [0, 0.1) is 5.92 Å². The first-order chi connectivity index (χ1) is 16.0. The van der Waals surface area contributed by atoms with Crippen molar-refractivity contribution in [2.24, 2.45) is 5.92 Å². The van der Waals surface area contributed by atoms with Crippen LogP contribution in [0.25, 0.3) is 0 Å². The van der Waals surface area contributed by atoms with Crippen LogP contribution < -0.4 is 10.0 Å². The minimum Gasteiger partial charge on any atom is -0.598 e. The van der Waals surface area contributed by atoms with Crippen LogP contribution in [0.2, 0.25) is 0 Å². The van der Waals surface area contributed by atoms with E-state index in [9.17, 15) is 23.7 Å². The molecule has 0 bridgehead atoms. The van der Waals surface area contributed by atoms with Crippen LogP contribution in [0.5, 0.6) is 0 Å². The second kappa shape index (κ2) is 9.41. The SMILES string of the molecule is CC(C)(C)[S+]([O-])N[C@]1(CC(=O)C2C(=O)NC(=O)N(C3CCOCC3)C2=O)CCc2ccccc21. The molecule has 3 atom stereocenters. The third-order valence-electron chi connectivity index (χ3n) is 6.75. The Morgan fingerprint density at radius 3 is 2.59 bits per heavy atom. The molecule has 0 spiro atoms. The Labute approximate surface area is 202 Å². The smallest absolute Gasteiger partial charge is 0.331 e. The van der Waals surface area contributed by atoms with E-state index in [1.54, 1.807) is 0 Å². The maximum Gasteiger partial charge on any atom is 0.331 e. The van der Waals surface area contributed by atoms with Crippen molar-refractivity contribution in [3.63, 3.8) is 0 Å². The predicted octanol–water partition coefficient (Wildman–Crippen LogP) is 1.71. The van der Waals surface area contributed by atoms with Gasteiger partial charge in [0.05, 0.1) is 5.54 Å². The van der Waals surface area contributed by atoms with Gasteiger partial charge in [-0.25, -0.2) is 4.79 Å². The van der Waals surface area contributed by atoms with E-state index in [0.717, 1.165) is 16.0 Å². The van der Waals surface area contributed by atoms with Crippen LogP contribution >= 0.6 is 0 Å². The number of carbonyl (C=O) groups is 4. The lowest BCUT2D eigenvalue weighted by atomic mass is 9.83. The van der Waals surface area contributed by atoms with E-state index in [0.29, 0.717) is 38.9 Å². The van der Waals surface area contributed by atoms with Gasteiger partial charge in [0.25, 0.3) is 5.91 Å². The van der Waals surface area contributed by atoms with Gasteiger partial charge in [-0.2, -0.15) is 0 Å². The monoisotopic (exact) mass is 489 g/mol. The first-order valence-electron chi connectivity index (χ1n) is 11.6. The van der Waals surface area contributed by atoms with Crippen LogP contribution in [0.1, 0.15) is 57.6 Å². The highest BCUT2D eigenvalue weighted by atomic mass is 32.2. The molecule has 2 saturated heterocycles. The van der Waals surface area contributed by atoms with Gasteiger partial charge in [0.2, 0.25) is 5.91 Å². The maximum absolute atomic E-state index is 13.6. The van der Waals surface area contributed by atoms with Gasteiger partial charge >= 0.3 is 6.03 Å². The van der Waals surface area contributed by atoms with Crippen LogP contribution in [0.4, 0.5) is 4.79 Å². The molecule has 0 aromatic heterocycles. The van der Waals surface area contributed by atoms with Crippen LogP contribution in [-0.4, -0.2) is 57.1 Å². The van der Waals surface area contributed by atoms with Crippen LogP contribution in [0.15, 0.2) is 24.3 Å². The number of Topliss-reactive ketones (excluding diaryl/α,β-unsaturated/α-hetero) is 1. The Balaban J connectivity index is 1.63. The first kappa shape index (κ1) is 24.8. The molecule has 2 aliphatic heterocycles. The van der Waals surface area contributed by atoms with Crippen LogP contribution in [0.3, 0.4) is 0 Å². The topological polar surface area (TPSA) is 128 Å². The van der Waals surface area contributed by atoms with Gasteiger partial charge < -0.3 is 9.29 Å². The molecule has 3 aliphatic rings. The van der Waals surface area contributed by atoms with Crippen molar-refractivity contribution in [3.05, 3.63) is 35.4 Å². The molecule has 34 heavy (non-hydrogen) atoms. The highest BCUT2D eigenvalue weighted by molar-refractivity contribution is 7.90. The number of fused-ring (bicyclic) bond motifs is 1. The highest BCUT2D eigenvalue weighted by Gasteiger charge is 2.52. The van der Waals surface area contributed by atoms with E-state index in [1.165, 1.54) is 0 Å². The summed E-state index contributed by atoms with van der Waals surface area (Å²) in [4.78, 5) is 53.0. The molecule has 0 radical (unpaired) electrons. The quantitative estimate of drug-likeness (QED) is 0.460. The minimum atomic E-state index is -1.62. The lowest BCUT2D eigenvalue weighted by molar-refractivity contribution is -0.150. The average Bonchev–Trinajstić information content (AvgIpc) is 3.11. The zero-order chi connectivity index (χ0) is 24.7. The van der Waals surface area contributed by atoms with E-state index in [4.69, 9.17) is 4.74 Å². The summed E-state index contributed by atoms with van der Waals surface area (Å²) in [5, 5.41) is 2.19. The Hall–Kier alpha value is -2.27. The first-order valence-corrected chi connectivity index (χ1v) is 12.7. The molecule has 2 heterocycles. The lowest BCUT2D eigenvalue weighted by Crippen LogP contribution is -2.63. The molecule has 9 nitrogen and oxygen atoms in total. The van der Waals surface area contributed by atoms with Gasteiger partial charge in [-0.05, 0) is 57.6 Å². The largest absolute Gasteiger partial charge is 0.598 e. The Morgan fingerprint density at radius 1 is 1.24 bits per heavy atom. The molecule has 4 amide bonds. The van der Waals surface area contributed by atoms with E-state index < -0.39 is 57.2 Å². The van der Waals surface area contributed by atoms with Crippen molar-refractivity contribution < 1.29 is 28.5 Å². The number of ether oxygens (including phenoxy) is 1. The number of rotatable bonds is 6. The summed E-state index contributed by atoms with van der Waals surface area (Å²) >= 11 is -1.50. The number of aryl methyl sites for hydroxylation is 1. The van der Waals surface area contributed by atoms with Crippen molar-refractivity contribution >= 4 is 35.0 Å². The molecule has 2 unspecified atom stereocenters. The number of imide groups is 2. The third kappa shape index (κ3) is 4.64. The summed E-state index contributed by atoms with van der Waals surface area (Å²) in [7, 11) is 0. The average molecular weight is 490 g/mol. The second-order valence-corrected chi connectivity index (χ2v) is 12.1. The summed E-state index contributed by atoms with van der Waals surface area (Å²) in [5.74, 6) is -3.90. The summed E-state index contributed by atoms with van der Waals surface area (Å²) in [6.45, 7) is 6.30. The molecular formula is C24H31N3O6S. The zero-order valence-electron chi connectivity index (χ0n) is 19.7. The number of ketones is 1. The Bertz CT molecular complexity index is 1000. The molecule has 10 heteroatoms. The molecule has 0 saturated carbocycles. The van der Waals surface area contributed by atoms with E-state index in [1.807, 2.05) is 45.0 Å². The summed E-state index contributed by atoms with van der Waals surface area (Å²) in [5.41, 5.74) is 0.909. The van der Waals surface area contributed by atoms with Crippen molar-refractivity contribution in [1.82, 2.24) is 14.9 Å². The molecule has 184 valence electrons. The Morgan fingerprint density at radius 2 is 1.91 bits per heavy atom. The molecule has 1 aliphatic carbocycles. The van der Waals surface area contributed by atoms with Gasteiger partial charge in [0.1, 0.15) is 4.75 Å². The number of hydrogen-bond donors (Lipinski definition) is 2. The normalized spacial score (nSPS) is 26.9. The highest BCUT2D eigenvalue weighted by Crippen LogP contribution is 2.42. The van der Waals surface area contributed by atoms with Gasteiger partial charge in [0, 0.05) is 37.0 Å². The zero-order valence-corrected chi connectivity index (χ0v) is 20.5. The van der Waals surface area contributed by atoms with Gasteiger partial charge in [-0.15, -0.1) is 4.72 Å². The molecule has 2 fully saturated rings. The number of amides is 4. The third-order valence-corrected chi connectivity index (χ3v) is 8.44. The fourth-order valence-electron chi connectivity index (χ4n) is 4.91. The van der Waals surface area contributed by atoms with Crippen molar-refractivity contribution in [2.75, 3.05) is 13.2 Å². The molecule has 1 aromatic rings. The van der Waals surface area contributed by atoms with Crippen molar-refractivity contribution in [1.29, 1.82) is 0 Å². The predicted molar refractivity (Wildman–Crippen MR) is 125 cm³/mol. The molecule has 1 aromatic carbocycles. The minimum absolute atomic E-state index is 0.189. The number of barbiturate groups is 1. The number of nitrogens with one attached hydrogen (secondary N) is 2. The van der Waals surface area contributed by atoms with E-state index in [-0.39, 0.29) is 6.42 Å². The van der Waals surface area contributed by atoms with E-state index in [2.05, 4.69) is 10.0 Å². The Kier molecular flexibility index (Phi) is 6.87. The lowest BCUT2D eigenvalue weighted by Gasteiger charge is -2.38. The molecule has 4 rings (SSSR count). The van der Waals surface area contributed by atoms with Gasteiger partial charge in [-0.3, -0.25) is 24.6 Å². The van der Waals surface area contributed by atoms with Crippen LogP contribution in [-0.2, 0) is 42.4 Å². The van der Waals surface area contributed by atoms with Crippen molar-refractivity contribution in [2.45, 2.75) is 69.2 Å². The van der Waals surface area contributed by atoms with Gasteiger partial charge in [-0.1, -0.05) is 24.3 Å². The maximum atomic E-state index is 13.6. The molecular weight excluding hydrogens is 458 g/mol. The fourth-order valence-corrected chi connectivity index (χ4v) is 5.85. The molecule has 2 N–H and O–H groups in total. The summed E-state index contributed by atoms with van der Waals surface area (Å²) in [6, 6.07) is 6.41.